The Morgan fingerprint density at radius 1 is 1.31 bits per heavy atom. The summed E-state index contributed by atoms with van der Waals surface area (Å²) in [6.45, 7) is 0.0253. The number of alkyl halides is 3. The third kappa shape index (κ3) is 4.18. The summed E-state index contributed by atoms with van der Waals surface area (Å²) >= 11 is 16.0. The number of carbonyl (C=O) groups excluding carboxylic acids is 1. The summed E-state index contributed by atoms with van der Waals surface area (Å²) in [5.41, 5.74) is 0.785. The zero-order valence-electron chi connectivity index (χ0n) is 8.07. The third-order valence-corrected chi connectivity index (χ3v) is 2.38. The van der Waals surface area contributed by atoms with Gasteiger partial charge in [-0.1, -0.05) is 65.1 Å². The lowest BCUT2D eigenvalue weighted by atomic mass is 10.2. The molecule has 1 N–H and O–H groups in total. The zero-order chi connectivity index (χ0) is 12.2. The predicted molar refractivity (Wildman–Crippen MR) is 62.5 cm³/mol. The van der Waals surface area contributed by atoms with E-state index in [2.05, 4.69) is 0 Å². The summed E-state index contributed by atoms with van der Waals surface area (Å²) in [5, 5.41) is 9.26. The Kier molecular flexibility index (Phi) is 4.87. The van der Waals surface area contributed by atoms with Crippen LogP contribution in [0.25, 0.3) is 0 Å². The molecule has 0 heterocycles. The van der Waals surface area contributed by atoms with E-state index in [-0.39, 0.29) is 6.61 Å². The highest BCUT2D eigenvalue weighted by molar-refractivity contribution is 6.68. The van der Waals surface area contributed by atoms with Crippen LogP contribution in [-0.2, 0) is 16.1 Å². The van der Waals surface area contributed by atoms with Gasteiger partial charge in [0.1, 0.15) is 6.61 Å². The molecule has 0 aliphatic heterocycles. The molecular formula is C10H9Cl3O3. The molecule has 0 radical (unpaired) electrons. The fourth-order valence-electron chi connectivity index (χ4n) is 0.941. The lowest BCUT2D eigenvalue weighted by molar-refractivity contribution is -0.154. The standard InChI is InChI=1S/C10H9Cl3O3/c11-10(12,13)8(14)9(15)16-6-7-4-2-1-3-5-7/h1-5,8,14H,6H2. The van der Waals surface area contributed by atoms with Crippen LogP contribution >= 0.6 is 34.8 Å². The van der Waals surface area contributed by atoms with Crippen molar-refractivity contribution in [3.63, 3.8) is 0 Å². The molecule has 0 fully saturated rings. The number of esters is 1. The molecule has 16 heavy (non-hydrogen) atoms. The van der Waals surface area contributed by atoms with E-state index < -0.39 is 15.9 Å². The molecule has 0 aliphatic carbocycles. The van der Waals surface area contributed by atoms with Crippen LogP contribution in [0.4, 0.5) is 0 Å². The van der Waals surface area contributed by atoms with Crippen LogP contribution < -0.4 is 0 Å². The molecule has 0 bridgehead atoms. The number of aliphatic hydroxyl groups excluding tert-OH is 1. The van der Waals surface area contributed by atoms with E-state index in [4.69, 9.17) is 39.5 Å². The van der Waals surface area contributed by atoms with Crippen molar-refractivity contribution in [2.24, 2.45) is 0 Å². The van der Waals surface area contributed by atoms with E-state index >= 15 is 0 Å². The first-order valence-corrected chi connectivity index (χ1v) is 5.50. The van der Waals surface area contributed by atoms with E-state index in [1.54, 1.807) is 24.3 Å². The number of hydrogen-bond donors (Lipinski definition) is 1. The first-order chi connectivity index (χ1) is 7.41. The van der Waals surface area contributed by atoms with Gasteiger partial charge in [0.15, 0.2) is 6.10 Å². The van der Waals surface area contributed by atoms with Gasteiger partial charge in [-0.25, -0.2) is 4.79 Å². The molecule has 1 unspecified atom stereocenters. The smallest absolute Gasteiger partial charge is 0.339 e. The molecule has 1 atom stereocenters. The monoisotopic (exact) mass is 282 g/mol. The zero-order valence-corrected chi connectivity index (χ0v) is 10.3. The minimum Gasteiger partial charge on any atom is -0.459 e. The lowest BCUT2D eigenvalue weighted by Gasteiger charge is -2.17. The molecule has 1 aromatic carbocycles. The summed E-state index contributed by atoms with van der Waals surface area (Å²) in [4.78, 5) is 11.2. The summed E-state index contributed by atoms with van der Waals surface area (Å²) in [7, 11) is 0. The number of benzene rings is 1. The van der Waals surface area contributed by atoms with Crippen LogP contribution in [0.3, 0.4) is 0 Å². The Hall–Kier alpha value is -0.480. The molecule has 0 saturated carbocycles. The van der Waals surface area contributed by atoms with Gasteiger partial charge in [0.2, 0.25) is 3.79 Å². The van der Waals surface area contributed by atoms with Gasteiger partial charge in [0.25, 0.3) is 0 Å². The fraction of sp³-hybridized carbons (Fsp3) is 0.300. The van der Waals surface area contributed by atoms with E-state index in [1.807, 2.05) is 6.07 Å². The van der Waals surface area contributed by atoms with Crippen LogP contribution in [0.2, 0.25) is 0 Å². The van der Waals surface area contributed by atoms with Crippen LogP contribution in [0.1, 0.15) is 5.56 Å². The van der Waals surface area contributed by atoms with Crippen LogP contribution in [0.5, 0.6) is 0 Å². The van der Waals surface area contributed by atoms with Crippen molar-refractivity contribution < 1.29 is 14.6 Å². The first-order valence-electron chi connectivity index (χ1n) is 4.36. The number of hydrogen-bond acceptors (Lipinski definition) is 3. The maximum atomic E-state index is 11.2. The molecular weight excluding hydrogens is 274 g/mol. The number of carbonyl (C=O) groups is 1. The Balaban J connectivity index is 2.48. The molecule has 6 heteroatoms. The van der Waals surface area contributed by atoms with Gasteiger partial charge in [0, 0.05) is 0 Å². The van der Waals surface area contributed by atoms with Crippen molar-refractivity contribution in [3.8, 4) is 0 Å². The number of aliphatic hydroxyl groups is 1. The molecule has 1 rings (SSSR count). The second-order valence-electron chi connectivity index (χ2n) is 3.04. The second kappa shape index (κ2) is 5.73. The molecule has 0 spiro atoms. The molecule has 0 amide bonds. The topological polar surface area (TPSA) is 46.5 Å². The van der Waals surface area contributed by atoms with Crippen molar-refractivity contribution in [3.05, 3.63) is 35.9 Å². The lowest BCUT2D eigenvalue weighted by Crippen LogP contribution is -2.35. The van der Waals surface area contributed by atoms with Crippen LogP contribution in [0, 0.1) is 0 Å². The van der Waals surface area contributed by atoms with Gasteiger partial charge in [0.05, 0.1) is 0 Å². The van der Waals surface area contributed by atoms with E-state index in [1.165, 1.54) is 0 Å². The van der Waals surface area contributed by atoms with Gasteiger partial charge < -0.3 is 9.84 Å². The highest BCUT2D eigenvalue weighted by atomic mass is 35.6. The Labute approximate surface area is 108 Å². The molecule has 1 aromatic rings. The largest absolute Gasteiger partial charge is 0.459 e. The van der Waals surface area contributed by atoms with Crippen molar-refractivity contribution in [2.75, 3.05) is 0 Å². The summed E-state index contributed by atoms with van der Waals surface area (Å²) in [6.07, 6.45) is -1.79. The van der Waals surface area contributed by atoms with Crippen molar-refractivity contribution in [1.82, 2.24) is 0 Å². The first kappa shape index (κ1) is 13.6. The minimum atomic E-state index is -2.08. The maximum absolute atomic E-state index is 11.2. The Morgan fingerprint density at radius 3 is 2.38 bits per heavy atom. The quantitative estimate of drug-likeness (QED) is 0.685. The number of rotatable bonds is 3. The molecule has 0 aliphatic rings. The normalized spacial score (nSPS) is 13.2. The highest BCUT2D eigenvalue weighted by Crippen LogP contribution is 2.30. The third-order valence-electron chi connectivity index (χ3n) is 1.76. The van der Waals surface area contributed by atoms with E-state index in [0.29, 0.717) is 0 Å². The van der Waals surface area contributed by atoms with E-state index in [0.717, 1.165) is 5.56 Å². The Bertz CT molecular complexity index is 348. The fourth-order valence-corrected chi connectivity index (χ4v) is 1.21. The Morgan fingerprint density at radius 2 is 1.88 bits per heavy atom. The van der Waals surface area contributed by atoms with Crippen molar-refractivity contribution >= 4 is 40.8 Å². The van der Waals surface area contributed by atoms with Gasteiger partial charge in [-0.2, -0.15) is 0 Å². The molecule has 0 aromatic heterocycles. The van der Waals surface area contributed by atoms with Gasteiger partial charge >= 0.3 is 5.97 Å². The van der Waals surface area contributed by atoms with E-state index in [9.17, 15) is 9.90 Å². The molecule has 0 saturated heterocycles. The maximum Gasteiger partial charge on any atom is 0.339 e. The van der Waals surface area contributed by atoms with Crippen LogP contribution in [-0.4, -0.2) is 21.0 Å². The SMILES string of the molecule is O=C(OCc1ccccc1)C(O)C(Cl)(Cl)Cl. The number of ether oxygens (including phenoxy) is 1. The highest BCUT2D eigenvalue weighted by Gasteiger charge is 2.37. The van der Waals surface area contributed by atoms with Gasteiger partial charge in [-0.15, -0.1) is 0 Å². The van der Waals surface area contributed by atoms with Gasteiger partial charge in [-0.3, -0.25) is 0 Å². The summed E-state index contributed by atoms with van der Waals surface area (Å²) in [6, 6.07) is 8.98. The van der Waals surface area contributed by atoms with Gasteiger partial charge in [-0.05, 0) is 5.56 Å². The number of halogens is 3. The second-order valence-corrected chi connectivity index (χ2v) is 5.41. The van der Waals surface area contributed by atoms with Crippen molar-refractivity contribution in [2.45, 2.75) is 16.5 Å². The summed E-state index contributed by atoms with van der Waals surface area (Å²) in [5.74, 6) is -0.969. The average molecular weight is 284 g/mol. The molecule has 88 valence electrons. The molecule has 3 nitrogen and oxygen atoms in total. The average Bonchev–Trinajstić information content (AvgIpc) is 2.25. The van der Waals surface area contributed by atoms with Crippen LogP contribution in [0.15, 0.2) is 30.3 Å². The predicted octanol–water partition coefficient (Wildman–Crippen LogP) is 2.46. The minimum absolute atomic E-state index is 0.0253. The van der Waals surface area contributed by atoms with Crippen molar-refractivity contribution in [1.29, 1.82) is 0 Å². The summed E-state index contributed by atoms with van der Waals surface area (Å²) < 4.78 is 2.70.